The lowest BCUT2D eigenvalue weighted by Gasteiger charge is -2.09. The van der Waals surface area contributed by atoms with Crippen molar-refractivity contribution in [1.29, 1.82) is 0 Å². The quantitative estimate of drug-likeness (QED) is 0.443. The summed E-state index contributed by atoms with van der Waals surface area (Å²) >= 11 is 4.86. The number of amidine groups is 1. The average Bonchev–Trinajstić information content (AvgIpc) is 3.18. The van der Waals surface area contributed by atoms with Gasteiger partial charge in [0.1, 0.15) is 0 Å². The van der Waals surface area contributed by atoms with Crippen molar-refractivity contribution in [3.05, 3.63) is 86.0 Å². The minimum Gasteiger partial charge on any atom is -0.318 e. The standard InChI is InChI=1S/C24H22BrN3OS/c1-14-5-8-20(11-15(14)2)26-24-27-23(29)22(30-24)13-18-12-16(3)28(17(18)4)21-9-6-19(25)7-10-21/h5-13H,1-4H3,(H,26,27,29)/b22-13-. The molecule has 2 aromatic carbocycles. The number of benzene rings is 2. The van der Waals surface area contributed by atoms with Crippen LogP contribution < -0.4 is 5.32 Å². The van der Waals surface area contributed by atoms with Gasteiger partial charge in [-0.2, -0.15) is 0 Å². The predicted octanol–water partition coefficient (Wildman–Crippen LogP) is 6.37. The molecule has 4 rings (SSSR count). The first kappa shape index (κ1) is 20.7. The molecule has 0 unspecified atom stereocenters. The average molecular weight is 480 g/mol. The Balaban J connectivity index is 1.63. The fourth-order valence-electron chi connectivity index (χ4n) is 3.46. The van der Waals surface area contributed by atoms with Gasteiger partial charge in [0.15, 0.2) is 5.17 Å². The predicted molar refractivity (Wildman–Crippen MR) is 130 cm³/mol. The van der Waals surface area contributed by atoms with Crippen LogP contribution in [0.15, 0.2) is 62.9 Å². The molecular weight excluding hydrogens is 458 g/mol. The van der Waals surface area contributed by atoms with Crippen LogP contribution >= 0.6 is 27.7 Å². The Morgan fingerprint density at radius 1 is 1.00 bits per heavy atom. The molecule has 152 valence electrons. The Morgan fingerprint density at radius 2 is 1.73 bits per heavy atom. The summed E-state index contributed by atoms with van der Waals surface area (Å²) in [5.74, 6) is -0.115. The molecule has 0 radical (unpaired) electrons. The minimum atomic E-state index is -0.115. The minimum absolute atomic E-state index is 0.115. The highest BCUT2D eigenvalue weighted by Gasteiger charge is 2.24. The summed E-state index contributed by atoms with van der Waals surface area (Å²) in [6, 6.07) is 16.4. The van der Waals surface area contributed by atoms with Crippen LogP contribution in [0.1, 0.15) is 28.1 Å². The third-order valence-electron chi connectivity index (χ3n) is 5.21. The van der Waals surface area contributed by atoms with Gasteiger partial charge in [0.25, 0.3) is 5.91 Å². The van der Waals surface area contributed by atoms with E-state index in [1.54, 1.807) is 0 Å². The van der Waals surface area contributed by atoms with Gasteiger partial charge in [-0.3, -0.25) is 4.79 Å². The first-order valence-corrected chi connectivity index (χ1v) is 11.2. The number of aryl methyl sites for hydroxylation is 3. The Bertz CT molecular complexity index is 1210. The smallest absolute Gasteiger partial charge is 0.264 e. The highest BCUT2D eigenvalue weighted by atomic mass is 79.9. The van der Waals surface area contributed by atoms with Crippen LogP contribution in [0.5, 0.6) is 0 Å². The van der Waals surface area contributed by atoms with Gasteiger partial charge in [-0.15, -0.1) is 0 Å². The van der Waals surface area contributed by atoms with Gasteiger partial charge < -0.3 is 9.88 Å². The van der Waals surface area contributed by atoms with E-state index < -0.39 is 0 Å². The van der Waals surface area contributed by atoms with Gasteiger partial charge in [0.05, 0.1) is 10.6 Å². The molecule has 1 aromatic heterocycles. The lowest BCUT2D eigenvalue weighted by molar-refractivity contribution is -0.115. The number of halogens is 1. The first-order valence-electron chi connectivity index (χ1n) is 9.63. The molecule has 1 N–H and O–H groups in total. The van der Waals surface area contributed by atoms with Gasteiger partial charge in [0, 0.05) is 21.5 Å². The van der Waals surface area contributed by atoms with Crippen LogP contribution in [0.4, 0.5) is 5.69 Å². The second kappa shape index (κ2) is 8.28. The zero-order chi connectivity index (χ0) is 21.4. The van der Waals surface area contributed by atoms with Gasteiger partial charge >= 0.3 is 0 Å². The zero-order valence-corrected chi connectivity index (χ0v) is 19.7. The zero-order valence-electron chi connectivity index (χ0n) is 17.3. The van der Waals surface area contributed by atoms with Crippen LogP contribution in [0.2, 0.25) is 0 Å². The van der Waals surface area contributed by atoms with E-state index in [0.717, 1.165) is 32.8 Å². The molecule has 2 heterocycles. The van der Waals surface area contributed by atoms with Crippen molar-refractivity contribution in [2.45, 2.75) is 27.7 Å². The second-order valence-electron chi connectivity index (χ2n) is 7.39. The van der Waals surface area contributed by atoms with Crippen molar-refractivity contribution in [2.75, 3.05) is 0 Å². The van der Waals surface area contributed by atoms with Crippen molar-refractivity contribution in [1.82, 2.24) is 9.88 Å². The van der Waals surface area contributed by atoms with E-state index in [0.29, 0.717) is 10.1 Å². The Kier molecular flexibility index (Phi) is 5.71. The van der Waals surface area contributed by atoms with E-state index in [2.05, 4.69) is 76.7 Å². The molecule has 1 aliphatic heterocycles. The molecule has 0 spiro atoms. The fourth-order valence-corrected chi connectivity index (χ4v) is 4.55. The van der Waals surface area contributed by atoms with E-state index in [-0.39, 0.29) is 5.91 Å². The summed E-state index contributed by atoms with van der Waals surface area (Å²) in [7, 11) is 0. The number of carbonyl (C=O) groups is 1. The van der Waals surface area contributed by atoms with Crippen LogP contribution in [-0.4, -0.2) is 15.6 Å². The van der Waals surface area contributed by atoms with Gasteiger partial charge in [-0.25, -0.2) is 4.99 Å². The molecule has 0 saturated carbocycles. The largest absolute Gasteiger partial charge is 0.318 e. The van der Waals surface area contributed by atoms with Gasteiger partial charge in [0.2, 0.25) is 0 Å². The van der Waals surface area contributed by atoms with Crippen LogP contribution in [-0.2, 0) is 4.79 Å². The second-order valence-corrected chi connectivity index (χ2v) is 9.33. The Hall–Kier alpha value is -2.57. The number of aliphatic imine (C=N–C) groups is 1. The molecule has 3 aromatic rings. The summed E-state index contributed by atoms with van der Waals surface area (Å²) in [5, 5.41) is 3.49. The molecular formula is C24H22BrN3OS. The van der Waals surface area contributed by atoms with Crippen molar-refractivity contribution in [2.24, 2.45) is 4.99 Å². The molecule has 1 fully saturated rings. The topological polar surface area (TPSA) is 46.4 Å². The van der Waals surface area contributed by atoms with E-state index in [1.807, 2.05) is 36.4 Å². The maximum atomic E-state index is 12.5. The van der Waals surface area contributed by atoms with E-state index >= 15 is 0 Å². The van der Waals surface area contributed by atoms with Crippen molar-refractivity contribution in [3.8, 4) is 5.69 Å². The number of carbonyl (C=O) groups excluding carboxylic acids is 1. The van der Waals surface area contributed by atoms with Crippen molar-refractivity contribution in [3.63, 3.8) is 0 Å². The number of hydrogen-bond acceptors (Lipinski definition) is 3. The number of hydrogen-bond donors (Lipinski definition) is 1. The SMILES string of the molecule is Cc1ccc(N=C2NC(=O)/C(=C/c3cc(C)n(-c4ccc(Br)cc4)c3C)S2)cc1C. The lowest BCUT2D eigenvalue weighted by atomic mass is 10.1. The Morgan fingerprint density at radius 3 is 2.43 bits per heavy atom. The van der Waals surface area contributed by atoms with Gasteiger partial charge in [-0.05, 0) is 105 Å². The lowest BCUT2D eigenvalue weighted by Crippen LogP contribution is -2.19. The monoisotopic (exact) mass is 479 g/mol. The molecule has 0 aliphatic carbocycles. The number of thioether (sulfide) groups is 1. The summed E-state index contributed by atoms with van der Waals surface area (Å²) < 4.78 is 3.24. The van der Waals surface area contributed by atoms with Crippen molar-refractivity contribution < 1.29 is 4.79 Å². The molecule has 0 bridgehead atoms. The first-order chi connectivity index (χ1) is 14.3. The number of nitrogens with one attached hydrogen (secondary N) is 1. The normalized spacial score (nSPS) is 16.5. The molecule has 30 heavy (non-hydrogen) atoms. The van der Waals surface area contributed by atoms with Crippen LogP contribution in [0, 0.1) is 27.7 Å². The van der Waals surface area contributed by atoms with Crippen molar-refractivity contribution >= 4 is 50.5 Å². The highest BCUT2D eigenvalue weighted by Crippen LogP contribution is 2.31. The Labute approximate surface area is 189 Å². The summed E-state index contributed by atoms with van der Waals surface area (Å²) in [5.41, 5.74) is 7.59. The molecule has 1 aliphatic rings. The van der Waals surface area contributed by atoms with E-state index in [9.17, 15) is 4.79 Å². The molecule has 0 atom stereocenters. The highest BCUT2D eigenvalue weighted by molar-refractivity contribution is 9.10. The molecule has 1 saturated heterocycles. The number of amides is 1. The third kappa shape index (κ3) is 4.16. The van der Waals surface area contributed by atoms with E-state index in [4.69, 9.17) is 0 Å². The third-order valence-corrected chi connectivity index (χ3v) is 6.65. The summed E-state index contributed by atoms with van der Waals surface area (Å²) in [4.78, 5) is 17.8. The fraction of sp³-hybridized carbons (Fsp3) is 0.167. The number of aromatic nitrogens is 1. The van der Waals surface area contributed by atoms with E-state index in [1.165, 1.54) is 22.9 Å². The van der Waals surface area contributed by atoms with Crippen LogP contribution in [0.3, 0.4) is 0 Å². The summed E-state index contributed by atoms with van der Waals surface area (Å²) in [6.45, 7) is 8.28. The maximum absolute atomic E-state index is 12.5. The molecule has 6 heteroatoms. The maximum Gasteiger partial charge on any atom is 0.264 e. The number of nitrogens with zero attached hydrogens (tertiary/aromatic N) is 2. The summed E-state index contributed by atoms with van der Waals surface area (Å²) in [6.07, 6.45) is 1.95. The van der Waals surface area contributed by atoms with Gasteiger partial charge in [-0.1, -0.05) is 22.0 Å². The molecule has 1 amide bonds. The van der Waals surface area contributed by atoms with Crippen LogP contribution in [0.25, 0.3) is 11.8 Å². The molecule has 4 nitrogen and oxygen atoms in total. The number of rotatable bonds is 3.